The van der Waals surface area contributed by atoms with Gasteiger partial charge in [0.05, 0.1) is 19.9 Å². The number of nitrogens with one attached hydrogen (secondary N) is 1. The molecule has 9 heteroatoms. The number of fused-ring (bicyclic) bond motifs is 1. The Bertz CT molecular complexity index is 1430. The molecule has 0 bridgehead atoms. The summed E-state index contributed by atoms with van der Waals surface area (Å²) in [5.41, 5.74) is 1.75. The van der Waals surface area contributed by atoms with Crippen molar-refractivity contribution in [2.75, 3.05) is 12.4 Å². The normalized spacial score (nSPS) is 11.0. The average Bonchev–Trinajstić information content (AvgIpc) is 3.38. The summed E-state index contributed by atoms with van der Waals surface area (Å²) in [4.78, 5) is 17.4. The third-order valence-corrected chi connectivity index (χ3v) is 5.08. The molecule has 0 atom stereocenters. The number of benzene rings is 2. The van der Waals surface area contributed by atoms with Crippen molar-refractivity contribution < 1.29 is 17.9 Å². The number of hydrogen-bond donors (Lipinski definition) is 1. The number of halogens is 2. The summed E-state index contributed by atoms with van der Waals surface area (Å²) < 4.78 is 39.3. The smallest absolute Gasteiger partial charge is 0.180 e. The van der Waals surface area contributed by atoms with Crippen molar-refractivity contribution >= 4 is 16.7 Å². The molecule has 3 aromatic heterocycles. The molecule has 1 N–H and O–H groups in total. The van der Waals surface area contributed by atoms with Gasteiger partial charge >= 0.3 is 0 Å². The van der Waals surface area contributed by atoms with Gasteiger partial charge in [-0.25, -0.2) is 23.7 Å². The van der Waals surface area contributed by atoms with E-state index in [0.717, 1.165) is 6.07 Å². The van der Waals surface area contributed by atoms with E-state index in [1.165, 1.54) is 25.6 Å². The molecule has 0 radical (unpaired) electrons. The number of hydrogen-bond acceptors (Lipinski definition) is 7. The second kappa shape index (κ2) is 8.62. The molecular weight excluding hydrogens is 428 g/mol. The Balaban J connectivity index is 1.72. The minimum atomic E-state index is -0.942. The summed E-state index contributed by atoms with van der Waals surface area (Å²) >= 11 is 0. The number of rotatable bonds is 6. The van der Waals surface area contributed by atoms with Crippen LogP contribution in [0.5, 0.6) is 5.75 Å². The lowest BCUT2D eigenvalue weighted by Crippen LogP contribution is -2.05. The van der Waals surface area contributed by atoms with E-state index in [-0.39, 0.29) is 5.56 Å². The molecule has 164 valence electrons. The quantitative estimate of drug-likeness (QED) is 0.382. The zero-order valence-electron chi connectivity index (χ0n) is 17.4. The summed E-state index contributed by atoms with van der Waals surface area (Å²) in [6.07, 6.45) is 6.24. The van der Waals surface area contributed by atoms with Gasteiger partial charge in [-0.3, -0.25) is 4.98 Å². The lowest BCUT2D eigenvalue weighted by Gasteiger charge is -2.15. The second-order valence-corrected chi connectivity index (χ2v) is 7.13. The molecular formula is C24H17F2N5O2. The number of methoxy groups -OCH3 is 1. The molecule has 5 aromatic rings. The van der Waals surface area contributed by atoms with Crippen molar-refractivity contribution in [3.8, 4) is 28.3 Å². The Morgan fingerprint density at radius 2 is 1.91 bits per heavy atom. The first-order chi connectivity index (χ1) is 16.1. The van der Waals surface area contributed by atoms with Crippen molar-refractivity contribution in [2.24, 2.45) is 0 Å². The first-order valence-electron chi connectivity index (χ1n) is 10.00. The number of ether oxygens (including phenoxy) is 1. The van der Waals surface area contributed by atoms with Crippen molar-refractivity contribution in [1.82, 2.24) is 19.9 Å². The van der Waals surface area contributed by atoms with Gasteiger partial charge in [0.15, 0.2) is 23.9 Å². The maximum atomic E-state index is 14.6. The Labute approximate surface area is 187 Å². The van der Waals surface area contributed by atoms with Crippen LogP contribution in [0.15, 0.2) is 71.9 Å². The number of nitrogens with zero attached hydrogens (tertiary/aromatic N) is 4. The SMILES string of the molecule is COc1cc(-c2cccc(F)c2F)cc2c(NCc3cnco3)nc(-c3cccnc3)nc12. The highest BCUT2D eigenvalue weighted by Gasteiger charge is 2.18. The van der Waals surface area contributed by atoms with Crippen LogP contribution in [-0.4, -0.2) is 27.0 Å². The molecule has 7 nitrogen and oxygen atoms in total. The standard InChI is InChI=1S/C24H17F2N5O2/c1-32-20-9-15(17-5-2-6-19(25)21(17)26)8-18-22(20)30-23(14-4-3-7-27-10-14)31-24(18)29-12-16-11-28-13-33-16/h2-11,13H,12H2,1H3,(H,29,30,31). The van der Waals surface area contributed by atoms with E-state index >= 15 is 0 Å². The zero-order chi connectivity index (χ0) is 22.8. The van der Waals surface area contributed by atoms with E-state index in [1.807, 2.05) is 6.07 Å². The Hall–Kier alpha value is -4.40. The Morgan fingerprint density at radius 1 is 1.00 bits per heavy atom. The van der Waals surface area contributed by atoms with Crippen LogP contribution < -0.4 is 10.1 Å². The maximum absolute atomic E-state index is 14.6. The minimum absolute atomic E-state index is 0.104. The van der Waals surface area contributed by atoms with E-state index in [9.17, 15) is 8.78 Å². The van der Waals surface area contributed by atoms with Gasteiger partial charge in [-0.2, -0.15) is 0 Å². The lowest BCUT2D eigenvalue weighted by molar-refractivity contribution is 0.419. The van der Waals surface area contributed by atoms with Crippen LogP contribution in [0.1, 0.15) is 5.76 Å². The van der Waals surface area contributed by atoms with Gasteiger partial charge in [-0.1, -0.05) is 12.1 Å². The van der Waals surface area contributed by atoms with Crippen LogP contribution in [0.2, 0.25) is 0 Å². The lowest BCUT2D eigenvalue weighted by atomic mass is 10.0. The largest absolute Gasteiger partial charge is 0.494 e. The second-order valence-electron chi connectivity index (χ2n) is 7.13. The van der Waals surface area contributed by atoms with E-state index in [0.29, 0.717) is 51.7 Å². The van der Waals surface area contributed by atoms with Crippen LogP contribution in [0.3, 0.4) is 0 Å². The number of pyridine rings is 1. The predicted octanol–water partition coefficient (Wildman–Crippen LogP) is 5.25. The van der Waals surface area contributed by atoms with Gasteiger partial charge in [0.1, 0.15) is 22.8 Å². The van der Waals surface area contributed by atoms with Crippen LogP contribution in [0, 0.1) is 11.6 Å². The van der Waals surface area contributed by atoms with Crippen molar-refractivity contribution in [2.45, 2.75) is 6.54 Å². The summed E-state index contributed by atoms with van der Waals surface area (Å²) in [6, 6.07) is 11.0. The van der Waals surface area contributed by atoms with E-state index in [4.69, 9.17) is 9.15 Å². The van der Waals surface area contributed by atoms with Crippen molar-refractivity contribution in [3.63, 3.8) is 0 Å². The molecule has 0 saturated carbocycles. The van der Waals surface area contributed by atoms with Gasteiger partial charge in [0.2, 0.25) is 0 Å². The number of aromatic nitrogens is 4. The maximum Gasteiger partial charge on any atom is 0.180 e. The molecule has 0 saturated heterocycles. The topological polar surface area (TPSA) is 86.0 Å². The van der Waals surface area contributed by atoms with Gasteiger partial charge in [0, 0.05) is 28.9 Å². The van der Waals surface area contributed by atoms with Gasteiger partial charge < -0.3 is 14.5 Å². The van der Waals surface area contributed by atoms with Crippen molar-refractivity contribution in [1.29, 1.82) is 0 Å². The zero-order valence-corrected chi connectivity index (χ0v) is 17.4. The van der Waals surface area contributed by atoms with E-state index in [1.54, 1.807) is 36.8 Å². The molecule has 5 rings (SSSR count). The molecule has 0 amide bonds. The van der Waals surface area contributed by atoms with Crippen LogP contribution in [-0.2, 0) is 6.54 Å². The third kappa shape index (κ3) is 3.96. The molecule has 33 heavy (non-hydrogen) atoms. The Kier molecular flexibility index (Phi) is 5.35. The van der Waals surface area contributed by atoms with Crippen LogP contribution in [0.25, 0.3) is 33.4 Å². The molecule has 0 spiro atoms. The summed E-state index contributed by atoms with van der Waals surface area (Å²) in [7, 11) is 1.49. The molecule has 0 unspecified atom stereocenters. The third-order valence-electron chi connectivity index (χ3n) is 5.08. The molecule has 0 aliphatic heterocycles. The number of oxazole rings is 1. The predicted molar refractivity (Wildman–Crippen MR) is 119 cm³/mol. The van der Waals surface area contributed by atoms with Crippen molar-refractivity contribution in [3.05, 3.63) is 84.8 Å². The van der Waals surface area contributed by atoms with Crippen LogP contribution in [0.4, 0.5) is 14.6 Å². The first kappa shape index (κ1) is 20.5. The highest BCUT2D eigenvalue weighted by atomic mass is 19.2. The van der Waals surface area contributed by atoms with Crippen LogP contribution >= 0.6 is 0 Å². The Morgan fingerprint density at radius 3 is 2.67 bits per heavy atom. The fourth-order valence-corrected chi connectivity index (χ4v) is 3.50. The average molecular weight is 445 g/mol. The fourth-order valence-electron chi connectivity index (χ4n) is 3.50. The first-order valence-corrected chi connectivity index (χ1v) is 10.00. The van der Waals surface area contributed by atoms with Gasteiger partial charge in [-0.15, -0.1) is 0 Å². The molecule has 0 aliphatic carbocycles. The molecule has 0 fully saturated rings. The number of anilines is 1. The van der Waals surface area contributed by atoms with Gasteiger partial charge in [0.25, 0.3) is 0 Å². The van der Waals surface area contributed by atoms with E-state index < -0.39 is 11.6 Å². The fraction of sp³-hybridized carbons (Fsp3) is 0.0833. The summed E-state index contributed by atoms with van der Waals surface area (Å²) in [6.45, 7) is 0.305. The molecule has 3 heterocycles. The monoisotopic (exact) mass is 445 g/mol. The van der Waals surface area contributed by atoms with E-state index in [2.05, 4.69) is 25.3 Å². The summed E-state index contributed by atoms with van der Waals surface area (Å²) in [5.74, 6) is 0.0117. The highest BCUT2D eigenvalue weighted by molar-refractivity contribution is 5.97. The molecule has 0 aliphatic rings. The minimum Gasteiger partial charge on any atom is -0.494 e. The summed E-state index contributed by atoms with van der Waals surface area (Å²) in [5, 5.41) is 3.80. The molecule has 2 aromatic carbocycles. The highest BCUT2D eigenvalue weighted by Crippen LogP contribution is 2.37. The van der Waals surface area contributed by atoms with Gasteiger partial charge in [-0.05, 0) is 35.9 Å².